The van der Waals surface area contributed by atoms with E-state index in [1.807, 2.05) is 75.1 Å². The topological polar surface area (TPSA) is 72.9 Å². The van der Waals surface area contributed by atoms with Crippen molar-refractivity contribution in [1.29, 1.82) is 0 Å². The molecule has 0 heterocycles. The molecule has 0 aromatic heterocycles. The van der Waals surface area contributed by atoms with E-state index in [-0.39, 0.29) is 5.91 Å². The molecule has 2 aromatic carbocycles. The summed E-state index contributed by atoms with van der Waals surface area (Å²) in [5.74, 6) is 3.29. The quantitative estimate of drug-likeness (QED) is 0.551. The number of carbonyl (C=O) groups is 3. The lowest BCUT2D eigenvalue weighted by Gasteiger charge is -2.13. The number of amides is 1. The van der Waals surface area contributed by atoms with Crippen molar-refractivity contribution in [3.8, 4) is 18.1 Å². The van der Waals surface area contributed by atoms with Gasteiger partial charge in [0.15, 0.2) is 0 Å². The monoisotopic (exact) mass is 399 g/mol. The highest BCUT2D eigenvalue weighted by molar-refractivity contribution is 5.94. The highest BCUT2D eigenvalue weighted by Crippen LogP contribution is 2.07. The minimum absolute atomic E-state index is 0.0389. The van der Waals surface area contributed by atoms with E-state index in [0.29, 0.717) is 25.3 Å². The molecule has 0 aliphatic carbocycles. The fraction of sp³-hybridized carbons (Fsp3) is 0.261. The second kappa shape index (κ2) is 19.3. The number of methoxy groups -OCH3 is 1. The average Bonchev–Trinajstić information content (AvgIpc) is 2.78. The van der Waals surface area contributed by atoms with Gasteiger partial charge in [-0.2, -0.15) is 0 Å². The van der Waals surface area contributed by atoms with Gasteiger partial charge in [-0.15, -0.1) is 6.42 Å². The van der Waals surface area contributed by atoms with Crippen LogP contribution in [0.4, 0.5) is 0 Å². The molecule has 0 unspecified atom stereocenters. The minimum Gasteiger partial charge on any atom is -0.491 e. The van der Waals surface area contributed by atoms with E-state index in [2.05, 4.69) is 5.92 Å². The molecular weight excluding hydrogens is 370 g/mol. The van der Waals surface area contributed by atoms with E-state index in [1.165, 1.54) is 4.90 Å². The van der Waals surface area contributed by atoms with Gasteiger partial charge in [-0.05, 0) is 31.2 Å². The van der Waals surface area contributed by atoms with E-state index in [9.17, 15) is 4.79 Å². The first-order valence-electron chi connectivity index (χ1n) is 8.58. The molecular formula is C23H29NO5. The highest BCUT2D eigenvalue weighted by atomic mass is 16.5. The maximum absolute atomic E-state index is 11.7. The molecule has 0 saturated heterocycles. The van der Waals surface area contributed by atoms with Gasteiger partial charge in [0.2, 0.25) is 0 Å². The van der Waals surface area contributed by atoms with Gasteiger partial charge in [-0.1, -0.05) is 41.8 Å². The predicted octanol–water partition coefficient (Wildman–Crippen LogP) is 3.04. The van der Waals surface area contributed by atoms with Gasteiger partial charge in [0.05, 0.1) is 13.2 Å². The van der Waals surface area contributed by atoms with Crippen molar-refractivity contribution in [3.05, 3.63) is 65.7 Å². The van der Waals surface area contributed by atoms with Gasteiger partial charge in [0.1, 0.15) is 25.9 Å². The molecule has 6 heteroatoms. The van der Waals surface area contributed by atoms with Crippen LogP contribution in [0.5, 0.6) is 5.75 Å². The normalized spacial score (nSPS) is 8.34. The molecule has 1 amide bonds. The predicted molar refractivity (Wildman–Crippen MR) is 115 cm³/mol. The lowest BCUT2D eigenvalue weighted by Crippen LogP contribution is -2.26. The summed E-state index contributed by atoms with van der Waals surface area (Å²) in [7, 11) is 3.36. The van der Waals surface area contributed by atoms with Gasteiger partial charge in [-0.3, -0.25) is 4.79 Å². The Kier molecular flexibility index (Phi) is 18.5. The third-order valence-corrected chi connectivity index (χ3v) is 3.27. The van der Waals surface area contributed by atoms with E-state index in [1.54, 1.807) is 14.2 Å². The number of para-hydroxylation sites is 1. The molecule has 0 radical (unpaired) electrons. The molecule has 0 spiro atoms. The molecule has 0 aliphatic heterocycles. The van der Waals surface area contributed by atoms with Gasteiger partial charge < -0.3 is 24.0 Å². The largest absolute Gasteiger partial charge is 0.491 e. The van der Waals surface area contributed by atoms with Crippen LogP contribution in [0, 0.1) is 19.3 Å². The lowest BCUT2D eigenvalue weighted by atomic mass is 10.1. The molecule has 0 fully saturated rings. The highest BCUT2D eigenvalue weighted by Gasteiger charge is 2.09. The Bertz CT molecular complexity index is 693. The number of nitrogens with zero attached hydrogens (tertiary/aromatic N) is 1. The van der Waals surface area contributed by atoms with E-state index >= 15 is 0 Å². The second-order valence-corrected chi connectivity index (χ2v) is 5.39. The van der Waals surface area contributed by atoms with Crippen LogP contribution in [0.25, 0.3) is 0 Å². The Morgan fingerprint density at radius 2 is 1.55 bits per heavy atom. The first-order chi connectivity index (χ1) is 14.1. The summed E-state index contributed by atoms with van der Waals surface area (Å²) >= 11 is 0. The number of terminal acetylenes is 1. The standard InChI is InChI=1S/C12H13NO.C9H12O2.2CH2O/c1-4-9-13(3)12(14)11-7-5-10(2)6-8-11;1-10-7-8-11-9-5-3-2-4-6-9;2*1-2/h1,5-8H,9H2,2-3H3;2-6H,7-8H2,1H3;2*1H2. The Morgan fingerprint density at radius 3 is 2.03 bits per heavy atom. The molecule has 6 nitrogen and oxygen atoms in total. The smallest absolute Gasteiger partial charge is 0.254 e. The Labute approximate surface area is 173 Å². The van der Waals surface area contributed by atoms with E-state index < -0.39 is 0 Å². The summed E-state index contributed by atoms with van der Waals surface area (Å²) in [6, 6.07) is 17.2. The van der Waals surface area contributed by atoms with Crippen molar-refractivity contribution >= 4 is 19.5 Å². The van der Waals surface area contributed by atoms with Crippen molar-refractivity contribution < 1.29 is 23.9 Å². The molecule has 2 rings (SSSR count). The average molecular weight is 399 g/mol. The lowest BCUT2D eigenvalue weighted by molar-refractivity contribution is -0.0987. The van der Waals surface area contributed by atoms with Crippen molar-refractivity contribution in [2.75, 3.05) is 33.9 Å². The fourth-order valence-corrected chi connectivity index (χ4v) is 1.88. The van der Waals surface area contributed by atoms with Crippen molar-refractivity contribution in [3.63, 3.8) is 0 Å². The molecule has 0 bridgehead atoms. The first-order valence-corrected chi connectivity index (χ1v) is 8.58. The summed E-state index contributed by atoms with van der Waals surface area (Å²) in [6.07, 6.45) is 5.13. The van der Waals surface area contributed by atoms with Gasteiger partial charge in [0.25, 0.3) is 5.91 Å². The van der Waals surface area contributed by atoms with Crippen molar-refractivity contribution in [2.45, 2.75) is 6.92 Å². The van der Waals surface area contributed by atoms with Crippen LogP contribution in [0.15, 0.2) is 54.6 Å². The molecule has 0 atom stereocenters. The zero-order chi connectivity index (χ0) is 22.5. The molecule has 0 N–H and O–H groups in total. The number of aryl methyl sites for hydroxylation is 1. The van der Waals surface area contributed by atoms with Crippen LogP contribution in [0.1, 0.15) is 15.9 Å². The Balaban J connectivity index is 0. The molecule has 0 saturated carbocycles. The van der Waals surface area contributed by atoms with Crippen LogP contribution < -0.4 is 4.74 Å². The number of ether oxygens (including phenoxy) is 2. The van der Waals surface area contributed by atoms with E-state index in [4.69, 9.17) is 25.5 Å². The number of rotatable bonds is 6. The summed E-state index contributed by atoms with van der Waals surface area (Å²) < 4.78 is 10.2. The van der Waals surface area contributed by atoms with Crippen LogP contribution >= 0.6 is 0 Å². The number of benzene rings is 2. The van der Waals surface area contributed by atoms with Gasteiger partial charge in [0, 0.05) is 19.7 Å². The van der Waals surface area contributed by atoms with Crippen molar-refractivity contribution in [1.82, 2.24) is 4.90 Å². The molecule has 156 valence electrons. The van der Waals surface area contributed by atoms with Crippen LogP contribution in [-0.2, 0) is 14.3 Å². The van der Waals surface area contributed by atoms with E-state index in [0.717, 1.165) is 11.3 Å². The number of hydrogen-bond donors (Lipinski definition) is 0. The maximum atomic E-state index is 11.7. The molecule has 29 heavy (non-hydrogen) atoms. The zero-order valence-corrected chi connectivity index (χ0v) is 17.3. The first kappa shape index (κ1) is 27.8. The van der Waals surface area contributed by atoms with Gasteiger partial charge >= 0.3 is 0 Å². The molecule has 2 aromatic rings. The minimum atomic E-state index is -0.0389. The third-order valence-electron chi connectivity index (χ3n) is 3.27. The van der Waals surface area contributed by atoms with Crippen LogP contribution in [0.3, 0.4) is 0 Å². The Hall–Kier alpha value is -3.43. The number of hydrogen-bond acceptors (Lipinski definition) is 5. The summed E-state index contributed by atoms with van der Waals surface area (Å²) in [5.41, 5.74) is 1.81. The summed E-state index contributed by atoms with van der Waals surface area (Å²) in [6.45, 7) is 7.57. The Morgan fingerprint density at radius 1 is 1.00 bits per heavy atom. The fourth-order valence-electron chi connectivity index (χ4n) is 1.88. The third kappa shape index (κ3) is 13.4. The maximum Gasteiger partial charge on any atom is 0.254 e. The SMILES string of the molecule is C#CCN(C)C(=O)c1ccc(C)cc1.C=O.C=O.COCCOc1ccccc1. The van der Waals surface area contributed by atoms with Crippen molar-refractivity contribution in [2.24, 2.45) is 0 Å². The zero-order valence-electron chi connectivity index (χ0n) is 17.3. The summed E-state index contributed by atoms with van der Waals surface area (Å²) in [5, 5.41) is 0. The van der Waals surface area contributed by atoms with Crippen LogP contribution in [0.2, 0.25) is 0 Å². The second-order valence-electron chi connectivity index (χ2n) is 5.39. The number of carbonyl (C=O) groups excluding carboxylic acids is 3. The van der Waals surface area contributed by atoms with Gasteiger partial charge in [-0.25, -0.2) is 0 Å². The van der Waals surface area contributed by atoms with Crippen LogP contribution in [-0.4, -0.2) is 58.3 Å². The summed E-state index contributed by atoms with van der Waals surface area (Å²) in [4.78, 5) is 29.2. The molecule has 0 aliphatic rings.